The molecule has 0 aliphatic heterocycles. The van der Waals surface area contributed by atoms with E-state index in [1.54, 1.807) is 36.5 Å². The molecule has 0 unspecified atom stereocenters. The molecule has 0 aliphatic rings. The van der Waals surface area contributed by atoms with Crippen LogP contribution in [0.1, 0.15) is 5.69 Å². The van der Waals surface area contributed by atoms with Crippen LogP contribution in [0.25, 0.3) is 11.1 Å². The number of nitrogens with zero attached hydrogens (tertiary/aromatic N) is 2. The number of benzene rings is 1. The van der Waals surface area contributed by atoms with Crippen molar-refractivity contribution < 1.29 is 9.21 Å². The van der Waals surface area contributed by atoms with Gasteiger partial charge in [-0.3, -0.25) is 14.5 Å². The van der Waals surface area contributed by atoms with Gasteiger partial charge in [-0.25, -0.2) is 4.79 Å². The molecule has 0 saturated carbocycles. The van der Waals surface area contributed by atoms with E-state index in [9.17, 15) is 9.59 Å². The highest BCUT2D eigenvalue weighted by Gasteiger charge is 2.11. The van der Waals surface area contributed by atoms with E-state index in [1.165, 1.54) is 4.57 Å². The number of nitrogens with one attached hydrogen (secondary N) is 2. The molecule has 0 radical (unpaired) electrons. The predicted molar refractivity (Wildman–Crippen MR) is 70.9 cm³/mol. The van der Waals surface area contributed by atoms with Crippen LogP contribution in [-0.2, 0) is 17.9 Å². The summed E-state index contributed by atoms with van der Waals surface area (Å²) < 4.78 is 6.36. The van der Waals surface area contributed by atoms with Gasteiger partial charge in [0, 0.05) is 6.20 Å². The van der Waals surface area contributed by atoms with Gasteiger partial charge >= 0.3 is 5.76 Å². The van der Waals surface area contributed by atoms with Crippen molar-refractivity contribution in [1.82, 2.24) is 20.1 Å². The first-order valence-corrected chi connectivity index (χ1v) is 6.07. The Balaban J connectivity index is 1.74. The Kier molecular flexibility index (Phi) is 3.08. The number of hydrogen-bond acceptors (Lipinski definition) is 4. The van der Waals surface area contributed by atoms with E-state index >= 15 is 0 Å². The van der Waals surface area contributed by atoms with E-state index < -0.39 is 5.76 Å². The maximum atomic E-state index is 11.9. The molecule has 3 aromatic rings. The molecule has 0 saturated heterocycles. The summed E-state index contributed by atoms with van der Waals surface area (Å²) in [6, 6.07) is 8.75. The van der Waals surface area contributed by atoms with Crippen molar-refractivity contribution in [2.75, 3.05) is 0 Å². The summed E-state index contributed by atoms with van der Waals surface area (Å²) in [6.07, 6.45) is 1.61. The molecule has 0 fully saturated rings. The molecule has 7 nitrogen and oxygen atoms in total. The summed E-state index contributed by atoms with van der Waals surface area (Å²) in [7, 11) is 0. The summed E-state index contributed by atoms with van der Waals surface area (Å²) in [5.74, 6) is -0.809. The van der Waals surface area contributed by atoms with Gasteiger partial charge < -0.3 is 9.73 Å². The first-order chi connectivity index (χ1) is 9.74. The Labute approximate surface area is 113 Å². The number of fused-ring (bicyclic) bond motifs is 1. The van der Waals surface area contributed by atoms with E-state index in [2.05, 4.69) is 15.5 Å². The number of aromatic nitrogens is 3. The molecule has 0 bridgehead atoms. The van der Waals surface area contributed by atoms with Gasteiger partial charge in [0.15, 0.2) is 5.58 Å². The lowest BCUT2D eigenvalue weighted by Crippen LogP contribution is -2.30. The molecule has 0 atom stereocenters. The van der Waals surface area contributed by atoms with Crippen LogP contribution in [0.3, 0.4) is 0 Å². The molecule has 1 aromatic carbocycles. The Morgan fingerprint density at radius 1 is 1.35 bits per heavy atom. The van der Waals surface area contributed by atoms with Crippen LogP contribution in [0.5, 0.6) is 0 Å². The third kappa shape index (κ3) is 2.33. The molecule has 7 heteroatoms. The fraction of sp³-hybridized carbons (Fsp3) is 0.154. The average molecular weight is 272 g/mol. The van der Waals surface area contributed by atoms with Gasteiger partial charge in [-0.2, -0.15) is 5.10 Å². The summed E-state index contributed by atoms with van der Waals surface area (Å²) in [4.78, 5) is 23.6. The average Bonchev–Trinajstić information content (AvgIpc) is 3.06. The molecule has 2 N–H and O–H groups in total. The van der Waals surface area contributed by atoms with Crippen LogP contribution in [0.4, 0.5) is 0 Å². The second-order valence-corrected chi connectivity index (χ2v) is 4.28. The standard InChI is InChI=1S/C13H12N4O3/c18-12(14-7-9-5-6-15-16-9)8-17-10-3-1-2-4-11(10)20-13(17)19/h1-6H,7-8H2,(H,14,18)(H,15,16). The highest BCUT2D eigenvalue weighted by atomic mass is 16.4. The molecule has 2 heterocycles. The van der Waals surface area contributed by atoms with Crippen LogP contribution < -0.4 is 11.1 Å². The second-order valence-electron chi connectivity index (χ2n) is 4.28. The van der Waals surface area contributed by atoms with E-state index in [1.807, 2.05) is 0 Å². The quantitative estimate of drug-likeness (QED) is 0.728. The Bertz CT molecular complexity index is 785. The fourth-order valence-corrected chi connectivity index (χ4v) is 1.94. The topological polar surface area (TPSA) is 92.9 Å². The zero-order valence-electron chi connectivity index (χ0n) is 10.5. The minimum absolute atomic E-state index is 0.0794. The number of H-pyrrole nitrogens is 1. The molecule has 0 spiro atoms. The SMILES string of the molecule is O=C(Cn1c(=O)oc2ccccc21)NCc1ccn[nH]1. The van der Waals surface area contributed by atoms with Crippen LogP contribution in [0, 0.1) is 0 Å². The van der Waals surface area contributed by atoms with Gasteiger partial charge in [0.05, 0.1) is 17.8 Å². The Morgan fingerprint density at radius 3 is 3.00 bits per heavy atom. The predicted octanol–water partition coefficient (Wildman–Crippen LogP) is 0.634. The summed E-state index contributed by atoms with van der Waals surface area (Å²) in [5, 5.41) is 9.23. The first-order valence-electron chi connectivity index (χ1n) is 6.07. The molecule has 3 rings (SSSR count). The zero-order chi connectivity index (χ0) is 13.9. The Morgan fingerprint density at radius 2 is 2.20 bits per heavy atom. The lowest BCUT2D eigenvalue weighted by molar-refractivity contribution is -0.121. The van der Waals surface area contributed by atoms with Crippen LogP contribution in [-0.4, -0.2) is 20.7 Å². The molecule has 2 aromatic heterocycles. The van der Waals surface area contributed by atoms with Gasteiger partial charge in [0.1, 0.15) is 6.54 Å². The minimum Gasteiger partial charge on any atom is -0.408 e. The third-order valence-electron chi connectivity index (χ3n) is 2.91. The number of para-hydroxylation sites is 2. The maximum Gasteiger partial charge on any atom is 0.420 e. The van der Waals surface area contributed by atoms with Gasteiger partial charge in [-0.1, -0.05) is 12.1 Å². The van der Waals surface area contributed by atoms with E-state index in [4.69, 9.17) is 4.42 Å². The zero-order valence-corrected chi connectivity index (χ0v) is 10.5. The van der Waals surface area contributed by atoms with Crippen LogP contribution >= 0.6 is 0 Å². The van der Waals surface area contributed by atoms with Crippen molar-refractivity contribution in [3.05, 3.63) is 52.8 Å². The molecule has 20 heavy (non-hydrogen) atoms. The van der Waals surface area contributed by atoms with Gasteiger partial charge in [-0.05, 0) is 18.2 Å². The Hall–Kier alpha value is -2.83. The van der Waals surface area contributed by atoms with Crippen molar-refractivity contribution in [2.45, 2.75) is 13.1 Å². The number of rotatable bonds is 4. The summed E-state index contributed by atoms with van der Waals surface area (Å²) in [5.41, 5.74) is 1.87. The van der Waals surface area contributed by atoms with Crippen LogP contribution in [0.2, 0.25) is 0 Å². The number of hydrogen-bond donors (Lipinski definition) is 2. The van der Waals surface area contributed by atoms with Crippen molar-refractivity contribution in [2.24, 2.45) is 0 Å². The molecule has 0 aliphatic carbocycles. The normalized spacial score (nSPS) is 10.8. The fourth-order valence-electron chi connectivity index (χ4n) is 1.94. The van der Waals surface area contributed by atoms with Crippen LogP contribution in [0.15, 0.2) is 45.7 Å². The van der Waals surface area contributed by atoms with Gasteiger partial charge in [0.25, 0.3) is 0 Å². The molecular formula is C13H12N4O3. The lowest BCUT2D eigenvalue weighted by atomic mass is 10.3. The number of oxazole rings is 1. The smallest absolute Gasteiger partial charge is 0.408 e. The van der Waals surface area contributed by atoms with Crippen molar-refractivity contribution in [3.63, 3.8) is 0 Å². The van der Waals surface area contributed by atoms with Gasteiger partial charge in [-0.15, -0.1) is 0 Å². The highest BCUT2D eigenvalue weighted by molar-refractivity contribution is 5.79. The van der Waals surface area contributed by atoms with E-state index in [0.29, 0.717) is 17.6 Å². The number of carbonyl (C=O) groups is 1. The highest BCUT2D eigenvalue weighted by Crippen LogP contribution is 2.11. The van der Waals surface area contributed by atoms with E-state index in [-0.39, 0.29) is 12.5 Å². The van der Waals surface area contributed by atoms with Crippen molar-refractivity contribution >= 4 is 17.0 Å². The summed E-state index contributed by atoms with van der Waals surface area (Å²) in [6.45, 7) is 0.257. The lowest BCUT2D eigenvalue weighted by Gasteiger charge is -2.04. The van der Waals surface area contributed by atoms with Crippen molar-refractivity contribution in [1.29, 1.82) is 0 Å². The molecule has 1 amide bonds. The molecule has 102 valence electrons. The first kappa shape index (κ1) is 12.2. The summed E-state index contributed by atoms with van der Waals surface area (Å²) >= 11 is 0. The second kappa shape index (κ2) is 5.04. The number of amides is 1. The number of aromatic amines is 1. The monoisotopic (exact) mass is 272 g/mol. The molecular weight excluding hydrogens is 260 g/mol. The largest absolute Gasteiger partial charge is 0.420 e. The maximum absolute atomic E-state index is 11.9. The van der Waals surface area contributed by atoms with Crippen molar-refractivity contribution in [3.8, 4) is 0 Å². The van der Waals surface area contributed by atoms with Gasteiger partial charge in [0.2, 0.25) is 5.91 Å². The third-order valence-corrected chi connectivity index (χ3v) is 2.91. The van der Waals surface area contributed by atoms with E-state index in [0.717, 1.165) is 5.69 Å². The number of carbonyl (C=O) groups excluding carboxylic acids is 1. The minimum atomic E-state index is -0.539.